The Balaban J connectivity index is 1.69. The molecule has 5 rings (SSSR count). The lowest BCUT2D eigenvalue weighted by Crippen LogP contribution is -2.39. The molecule has 1 saturated heterocycles. The molecular weight excluding hydrogens is 376 g/mol. The van der Waals surface area contributed by atoms with Gasteiger partial charge in [-0.25, -0.2) is 9.97 Å². The molecule has 7 heteroatoms. The van der Waals surface area contributed by atoms with Gasteiger partial charge < -0.3 is 20.4 Å². The number of nitrogens with zero attached hydrogens (tertiary/aromatic N) is 4. The van der Waals surface area contributed by atoms with E-state index in [0.717, 1.165) is 46.6 Å². The average Bonchev–Trinajstić information content (AvgIpc) is 3.29. The maximum absolute atomic E-state index is 6.82. The lowest BCUT2D eigenvalue weighted by atomic mass is 9.90. The quantitative estimate of drug-likeness (QED) is 0.547. The highest BCUT2D eigenvalue weighted by Gasteiger charge is 2.28. The molecule has 1 atom stereocenters. The van der Waals surface area contributed by atoms with Gasteiger partial charge in [-0.2, -0.15) is 0 Å². The average molecular weight is 400 g/mol. The van der Waals surface area contributed by atoms with Crippen LogP contribution < -0.4 is 10.6 Å². The molecule has 7 nitrogen and oxygen atoms in total. The van der Waals surface area contributed by atoms with E-state index >= 15 is 0 Å². The summed E-state index contributed by atoms with van der Waals surface area (Å²) in [6.45, 7) is 4.92. The van der Waals surface area contributed by atoms with Crippen LogP contribution in [-0.2, 0) is 10.3 Å². The van der Waals surface area contributed by atoms with Gasteiger partial charge in [0, 0.05) is 54.2 Å². The number of pyridine rings is 1. The highest BCUT2D eigenvalue weighted by atomic mass is 16.5. The van der Waals surface area contributed by atoms with E-state index < -0.39 is 5.54 Å². The Hall–Kier alpha value is -3.29. The first-order valence-electron chi connectivity index (χ1n) is 10.1. The van der Waals surface area contributed by atoms with Gasteiger partial charge in [0.2, 0.25) is 0 Å². The van der Waals surface area contributed by atoms with Crippen molar-refractivity contribution < 1.29 is 4.74 Å². The van der Waals surface area contributed by atoms with Crippen LogP contribution in [0.1, 0.15) is 18.2 Å². The summed E-state index contributed by atoms with van der Waals surface area (Å²) < 4.78 is 5.53. The molecule has 1 aliphatic heterocycles. The van der Waals surface area contributed by atoms with Gasteiger partial charge in [0.25, 0.3) is 0 Å². The van der Waals surface area contributed by atoms with Crippen molar-refractivity contribution in [2.24, 2.45) is 5.73 Å². The fourth-order valence-corrected chi connectivity index (χ4v) is 3.87. The number of aromatic nitrogens is 4. The Morgan fingerprint density at radius 1 is 1.10 bits per heavy atom. The first kappa shape index (κ1) is 18.7. The van der Waals surface area contributed by atoms with Crippen molar-refractivity contribution >= 4 is 16.7 Å². The number of rotatable bonds is 4. The van der Waals surface area contributed by atoms with E-state index in [9.17, 15) is 0 Å². The van der Waals surface area contributed by atoms with Gasteiger partial charge in [-0.1, -0.05) is 18.2 Å². The Morgan fingerprint density at radius 3 is 2.77 bits per heavy atom. The smallest absolute Gasteiger partial charge is 0.162 e. The van der Waals surface area contributed by atoms with E-state index in [0.29, 0.717) is 19.0 Å². The zero-order chi connectivity index (χ0) is 20.6. The number of ether oxygens (including phenoxy) is 1. The zero-order valence-corrected chi connectivity index (χ0v) is 16.9. The molecule has 1 unspecified atom stereocenters. The molecule has 0 saturated carbocycles. The predicted molar refractivity (Wildman–Crippen MR) is 117 cm³/mol. The van der Waals surface area contributed by atoms with Crippen LogP contribution in [0.4, 0.5) is 5.82 Å². The van der Waals surface area contributed by atoms with E-state index in [2.05, 4.69) is 27.0 Å². The van der Waals surface area contributed by atoms with Gasteiger partial charge in [0.05, 0.1) is 24.4 Å². The van der Waals surface area contributed by atoms with E-state index in [-0.39, 0.29) is 0 Å². The number of morpholine rings is 1. The van der Waals surface area contributed by atoms with Crippen LogP contribution in [0.15, 0.2) is 61.1 Å². The maximum Gasteiger partial charge on any atom is 0.162 e. The molecule has 1 aliphatic rings. The van der Waals surface area contributed by atoms with Gasteiger partial charge in [0.1, 0.15) is 5.82 Å². The van der Waals surface area contributed by atoms with Crippen LogP contribution in [-0.4, -0.2) is 46.2 Å². The molecular formula is C23H24N6O. The number of nitrogens with two attached hydrogens (primary N) is 1. The summed E-state index contributed by atoms with van der Waals surface area (Å²) >= 11 is 0. The number of hydrogen-bond donors (Lipinski definition) is 2. The van der Waals surface area contributed by atoms with E-state index in [1.165, 1.54) is 0 Å². The van der Waals surface area contributed by atoms with Crippen molar-refractivity contribution in [3.8, 4) is 11.4 Å². The second-order valence-electron chi connectivity index (χ2n) is 7.72. The minimum Gasteiger partial charge on any atom is -0.378 e. The summed E-state index contributed by atoms with van der Waals surface area (Å²) in [7, 11) is 0. The minimum absolute atomic E-state index is 0.666. The number of fused-ring (bicyclic) bond motifs is 1. The number of benzene rings is 1. The summed E-state index contributed by atoms with van der Waals surface area (Å²) in [6, 6.07) is 14.0. The minimum atomic E-state index is -0.807. The van der Waals surface area contributed by atoms with Crippen molar-refractivity contribution in [3.63, 3.8) is 0 Å². The van der Waals surface area contributed by atoms with Gasteiger partial charge in [0.15, 0.2) is 5.82 Å². The molecule has 152 valence electrons. The molecule has 1 aromatic carbocycles. The van der Waals surface area contributed by atoms with Gasteiger partial charge in [-0.3, -0.25) is 4.98 Å². The molecule has 3 N–H and O–H groups in total. The number of aromatic amines is 1. The molecule has 0 amide bonds. The topological polar surface area (TPSA) is 93.0 Å². The van der Waals surface area contributed by atoms with Crippen LogP contribution in [0.25, 0.3) is 22.3 Å². The molecule has 0 bridgehead atoms. The molecule has 0 aliphatic carbocycles. The maximum atomic E-state index is 6.82. The van der Waals surface area contributed by atoms with Crippen LogP contribution in [0, 0.1) is 0 Å². The highest BCUT2D eigenvalue weighted by molar-refractivity contribution is 5.93. The van der Waals surface area contributed by atoms with Crippen molar-refractivity contribution in [2.75, 3.05) is 31.2 Å². The number of hydrogen-bond acceptors (Lipinski definition) is 6. The number of H-pyrrole nitrogens is 1. The van der Waals surface area contributed by atoms with Crippen LogP contribution in [0.5, 0.6) is 0 Å². The third-order valence-electron chi connectivity index (χ3n) is 5.68. The summed E-state index contributed by atoms with van der Waals surface area (Å²) in [5, 5.41) is 1.09. The standard InChI is InChI=1S/C23H24N6O/c1-23(24,16-4-3-8-25-15-16)20-14-21(29-10-12-30-13-11-29)28-22(27-20)18-5-2-6-19-17(18)7-9-26-19/h2-9,14-15,26H,10-13,24H2,1H3. The number of anilines is 1. The van der Waals surface area contributed by atoms with Gasteiger partial charge in [-0.05, 0) is 30.7 Å². The summed E-state index contributed by atoms with van der Waals surface area (Å²) in [6.07, 6.45) is 5.48. The fourth-order valence-electron chi connectivity index (χ4n) is 3.87. The third kappa shape index (κ3) is 3.32. The first-order chi connectivity index (χ1) is 14.6. The third-order valence-corrected chi connectivity index (χ3v) is 5.68. The molecule has 30 heavy (non-hydrogen) atoms. The van der Waals surface area contributed by atoms with Crippen molar-refractivity contribution in [1.29, 1.82) is 0 Å². The van der Waals surface area contributed by atoms with E-state index in [4.69, 9.17) is 20.4 Å². The summed E-state index contributed by atoms with van der Waals surface area (Å²) in [5.74, 6) is 1.53. The molecule has 0 radical (unpaired) electrons. The molecule has 1 fully saturated rings. The second-order valence-corrected chi connectivity index (χ2v) is 7.72. The van der Waals surface area contributed by atoms with Crippen molar-refractivity contribution in [1.82, 2.24) is 19.9 Å². The van der Waals surface area contributed by atoms with E-state index in [1.807, 2.05) is 43.5 Å². The first-order valence-corrected chi connectivity index (χ1v) is 10.1. The Bertz CT molecular complexity index is 1160. The second kappa shape index (κ2) is 7.51. The lowest BCUT2D eigenvalue weighted by molar-refractivity contribution is 0.122. The van der Waals surface area contributed by atoms with Crippen LogP contribution in [0.2, 0.25) is 0 Å². The highest BCUT2D eigenvalue weighted by Crippen LogP contribution is 2.32. The predicted octanol–water partition coefficient (Wildman–Crippen LogP) is 3.08. The zero-order valence-electron chi connectivity index (χ0n) is 16.9. The monoisotopic (exact) mass is 400 g/mol. The fraction of sp³-hybridized carbons (Fsp3) is 0.261. The normalized spacial score (nSPS) is 16.5. The Morgan fingerprint density at radius 2 is 1.97 bits per heavy atom. The molecule has 0 spiro atoms. The molecule has 4 aromatic rings. The van der Waals surface area contributed by atoms with Crippen molar-refractivity contribution in [2.45, 2.75) is 12.5 Å². The Labute approximate surface area is 174 Å². The summed E-state index contributed by atoms with van der Waals surface area (Å²) in [5.41, 5.74) is 9.71. The van der Waals surface area contributed by atoms with Crippen LogP contribution in [0.3, 0.4) is 0 Å². The Kier molecular flexibility index (Phi) is 4.69. The van der Waals surface area contributed by atoms with Crippen molar-refractivity contribution in [3.05, 3.63) is 72.3 Å². The van der Waals surface area contributed by atoms with Gasteiger partial charge in [-0.15, -0.1) is 0 Å². The van der Waals surface area contributed by atoms with E-state index in [1.54, 1.807) is 12.4 Å². The van der Waals surface area contributed by atoms with Crippen LogP contribution >= 0.6 is 0 Å². The SMILES string of the molecule is CC(N)(c1cccnc1)c1cc(N2CCOCC2)nc(-c2cccc3[nH]ccc23)n1. The molecule has 4 heterocycles. The lowest BCUT2D eigenvalue weighted by Gasteiger charge is -2.30. The molecule has 3 aromatic heterocycles. The largest absolute Gasteiger partial charge is 0.378 e. The van der Waals surface area contributed by atoms with Gasteiger partial charge >= 0.3 is 0 Å². The number of nitrogens with one attached hydrogen (secondary N) is 1. The summed E-state index contributed by atoms with van der Waals surface area (Å²) in [4.78, 5) is 19.6.